The number of carbonyl (C=O) groups is 1. The van der Waals surface area contributed by atoms with Gasteiger partial charge in [0.2, 0.25) is 0 Å². The minimum atomic E-state index is -0.715. The SMILES string of the molecule is CC1CC(C(=O)O)C(c2ncnn2C)C1. The lowest BCUT2D eigenvalue weighted by atomic mass is 9.95. The summed E-state index contributed by atoms with van der Waals surface area (Å²) < 4.78 is 1.68. The van der Waals surface area contributed by atoms with Crippen molar-refractivity contribution in [2.24, 2.45) is 18.9 Å². The van der Waals surface area contributed by atoms with Crippen molar-refractivity contribution < 1.29 is 9.90 Å². The number of carboxylic acids is 1. The topological polar surface area (TPSA) is 68.0 Å². The molecular formula is C10H15N3O2. The average Bonchev–Trinajstić information content (AvgIpc) is 2.71. The summed E-state index contributed by atoms with van der Waals surface area (Å²) in [6.07, 6.45) is 3.12. The van der Waals surface area contributed by atoms with Crippen molar-refractivity contribution in [1.29, 1.82) is 0 Å². The van der Waals surface area contributed by atoms with E-state index in [9.17, 15) is 4.79 Å². The molecule has 5 heteroatoms. The van der Waals surface area contributed by atoms with Gasteiger partial charge >= 0.3 is 5.97 Å². The van der Waals surface area contributed by atoms with Gasteiger partial charge in [-0.25, -0.2) is 4.98 Å². The quantitative estimate of drug-likeness (QED) is 0.789. The maximum absolute atomic E-state index is 11.1. The minimum absolute atomic E-state index is 0.0185. The lowest BCUT2D eigenvalue weighted by Crippen LogP contribution is -2.19. The molecule has 1 aromatic heterocycles. The van der Waals surface area contributed by atoms with Gasteiger partial charge in [-0.15, -0.1) is 0 Å². The Kier molecular flexibility index (Phi) is 2.46. The maximum Gasteiger partial charge on any atom is 0.307 e. The van der Waals surface area contributed by atoms with Gasteiger partial charge in [-0.05, 0) is 18.8 Å². The molecule has 1 aromatic rings. The van der Waals surface area contributed by atoms with E-state index in [1.54, 1.807) is 4.68 Å². The summed E-state index contributed by atoms with van der Waals surface area (Å²) >= 11 is 0. The standard InChI is InChI=1S/C10H15N3O2/c1-6-3-7(8(4-6)10(14)15)9-11-5-12-13(9)2/h5-8H,3-4H2,1-2H3,(H,14,15). The van der Waals surface area contributed by atoms with Crippen LogP contribution >= 0.6 is 0 Å². The van der Waals surface area contributed by atoms with E-state index in [1.165, 1.54) is 6.33 Å². The number of hydrogen-bond donors (Lipinski definition) is 1. The first-order chi connectivity index (χ1) is 7.09. The summed E-state index contributed by atoms with van der Waals surface area (Å²) in [6.45, 7) is 2.09. The van der Waals surface area contributed by atoms with Crippen LogP contribution in [0.25, 0.3) is 0 Å². The van der Waals surface area contributed by atoms with Crippen LogP contribution in [-0.4, -0.2) is 25.8 Å². The molecule has 1 heterocycles. The van der Waals surface area contributed by atoms with E-state index >= 15 is 0 Å². The van der Waals surface area contributed by atoms with Gasteiger partial charge in [-0.2, -0.15) is 5.10 Å². The van der Waals surface area contributed by atoms with Gasteiger partial charge in [0.25, 0.3) is 0 Å². The lowest BCUT2D eigenvalue weighted by Gasteiger charge is -2.13. The molecule has 0 spiro atoms. The number of carboxylic acid groups (broad SMARTS) is 1. The molecule has 2 rings (SSSR count). The number of nitrogens with zero attached hydrogens (tertiary/aromatic N) is 3. The van der Waals surface area contributed by atoms with E-state index in [4.69, 9.17) is 5.11 Å². The molecular weight excluding hydrogens is 194 g/mol. The zero-order chi connectivity index (χ0) is 11.0. The van der Waals surface area contributed by atoms with Crippen molar-refractivity contribution in [3.05, 3.63) is 12.2 Å². The van der Waals surface area contributed by atoms with E-state index in [1.807, 2.05) is 7.05 Å². The van der Waals surface area contributed by atoms with Crippen LogP contribution in [0.5, 0.6) is 0 Å². The predicted octanol–water partition coefficient (Wildman–Crippen LogP) is 1.03. The zero-order valence-electron chi connectivity index (χ0n) is 8.92. The first kappa shape index (κ1) is 10.1. The van der Waals surface area contributed by atoms with E-state index in [2.05, 4.69) is 17.0 Å². The van der Waals surface area contributed by atoms with Crippen LogP contribution in [0.1, 0.15) is 31.5 Å². The summed E-state index contributed by atoms with van der Waals surface area (Å²) in [7, 11) is 1.81. The van der Waals surface area contributed by atoms with Gasteiger partial charge in [-0.3, -0.25) is 9.48 Å². The zero-order valence-corrected chi connectivity index (χ0v) is 8.92. The molecule has 15 heavy (non-hydrogen) atoms. The average molecular weight is 209 g/mol. The van der Waals surface area contributed by atoms with Crippen molar-refractivity contribution in [2.75, 3.05) is 0 Å². The molecule has 1 fully saturated rings. The largest absolute Gasteiger partial charge is 0.481 e. The molecule has 0 aromatic carbocycles. The normalized spacial score (nSPS) is 30.7. The Morgan fingerprint density at radius 1 is 1.60 bits per heavy atom. The maximum atomic E-state index is 11.1. The number of rotatable bonds is 2. The predicted molar refractivity (Wildman–Crippen MR) is 53.3 cm³/mol. The molecule has 0 amide bonds. The van der Waals surface area contributed by atoms with Gasteiger partial charge in [0, 0.05) is 13.0 Å². The second-order valence-corrected chi connectivity index (χ2v) is 4.37. The Morgan fingerprint density at radius 3 is 2.87 bits per heavy atom. The highest BCUT2D eigenvalue weighted by atomic mass is 16.4. The van der Waals surface area contributed by atoms with E-state index < -0.39 is 5.97 Å². The smallest absolute Gasteiger partial charge is 0.307 e. The number of aromatic nitrogens is 3. The second-order valence-electron chi connectivity index (χ2n) is 4.37. The Morgan fingerprint density at radius 2 is 2.33 bits per heavy atom. The van der Waals surface area contributed by atoms with E-state index in [0.717, 1.165) is 18.7 Å². The molecule has 1 saturated carbocycles. The summed E-state index contributed by atoms with van der Waals surface area (Å²) in [5.74, 6) is 0.250. The highest BCUT2D eigenvalue weighted by Crippen LogP contribution is 2.41. The first-order valence-corrected chi connectivity index (χ1v) is 5.16. The highest BCUT2D eigenvalue weighted by molar-refractivity contribution is 5.71. The third-order valence-electron chi connectivity index (χ3n) is 3.19. The first-order valence-electron chi connectivity index (χ1n) is 5.16. The molecule has 0 bridgehead atoms. The van der Waals surface area contributed by atoms with Crippen LogP contribution in [0.2, 0.25) is 0 Å². The number of hydrogen-bond acceptors (Lipinski definition) is 3. The van der Waals surface area contributed by atoms with Crippen molar-refractivity contribution in [3.8, 4) is 0 Å². The number of aryl methyl sites for hydroxylation is 1. The van der Waals surface area contributed by atoms with E-state index in [0.29, 0.717) is 5.92 Å². The Bertz CT molecular complexity index is 374. The third-order valence-corrected chi connectivity index (χ3v) is 3.19. The van der Waals surface area contributed by atoms with Gasteiger partial charge in [0.15, 0.2) is 0 Å². The number of aliphatic carboxylic acids is 1. The molecule has 82 valence electrons. The minimum Gasteiger partial charge on any atom is -0.481 e. The van der Waals surface area contributed by atoms with Crippen molar-refractivity contribution >= 4 is 5.97 Å². The second kappa shape index (κ2) is 3.64. The Labute approximate surface area is 88.1 Å². The molecule has 5 nitrogen and oxygen atoms in total. The summed E-state index contributed by atoms with van der Waals surface area (Å²) in [4.78, 5) is 15.3. The van der Waals surface area contributed by atoms with Crippen LogP contribution in [0, 0.1) is 11.8 Å². The molecule has 0 radical (unpaired) electrons. The molecule has 0 saturated heterocycles. The molecule has 3 unspecified atom stereocenters. The van der Waals surface area contributed by atoms with Gasteiger partial charge in [0.05, 0.1) is 5.92 Å². The molecule has 1 N–H and O–H groups in total. The monoisotopic (exact) mass is 209 g/mol. The summed E-state index contributed by atoms with van der Waals surface area (Å²) in [6, 6.07) is 0. The molecule has 1 aliphatic carbocycles. The summed E-state index contributed by atoms with van der Waals surface area (Å²) in [5, 5.41) is 13.1. The third kappa shape index (κ3) is 1.73. The summed E-state index contributed by atoms with van der Waals surface area (Å²) in [5.41, 5.74) is 0. The highest BCUT2D eigenvalue weighted by Gasteiger charge is 2.39. The van der Waals surface area contributed by atoms with Crippen LogP contribution in [0.3, 0.4) is 0 Å². The van der Waals surface area contributed by atoms with Crippen molar-refractivity contribution in [3.63, 3.8) is 0 Å². The van der Waals surface area contributed by atoms with Crippen LogP contribution in [0.15, 0.2) is 6.33 Å². The fraction of sp³-hybridized carbons (Fsp3) is 0.700. The molecule has 0 aliphatic heterocycles. The van der Waals surface area contributed by atoms with Crippen LogP contribution in [-0.2, 0) is 11.8 Å². The Balaban J connectivity index is 2.28. The lowest BCUT2D eigenvalue weighted by molar-refractivity contribution is -0.142. The van der Waals surface area contributed by atoms with Crippen LogP contribution in [0.4, 0.5) is 0 Å². The van der Waals surface area contributed by atoms with Crippen LogP contribution < -0.4 is 0 Å². The molecule has 1 aliphatic rings. The van der Waals surface area contributed by atoms with Gasteiger partial charge in [-0.1, -0.05) is 6.92 Å². The fourth-order valence-electron chi connectivity index (χ4n) is 2.49. The van der Waals surface area contributed by atoms with Crippen molar-refractivity contribution in [1.82, 2.24) is 14.8 Å². The van der Waals surface area contributed by atoms with Crippen molar-refractivity contribution in [2.45, 2.75) is 25.7 Å². The molecule has 3 atom stereocenters. The van der Waals surface area contributed by atoms with Gasteiger partial charge < -0.3 is 5.11 Å². The fourth-order valence-corrected chi connectivity index (χ4v) is 2.49. The Hall–Kier alpha value is -1.39. The van der Waals surface area contributed by atoms with E-state index in [-0.39, 0.29) is 11.8 Å². The van der Waals surface area contributed by atoms with Gasteiger partial charge in [0.1, 0.15) is 12.2 Å².